The van der Waals surface area contributed by atoms with E-state index < -0.39 is 12.0 Å². The van der Waals surface area contributed by atoms with E-state index in [4.69, 9.17) is 5.73 Å². The third-order valence-corrected chi connectivity index (χ3v) is 1.86. The summed E-state index contributed by atoms with van der Waals surface area (Å²) in [6, 6.07) is 0.691. The number of hydrogen-bond donors (Lipinski definition) is 1. The normalized spacial score (nSPS) is 11.7. The number of carboxylic acid groups (broad SMARTS) is 1. The molecule has 0 aliphatic rings. The van der Waals surface area contributed by atoms with E-state index in [2.05, 4.69) is 0 Å². The van der Waals surface area contributed by atoms with Gasteiger partial charge >= 0.3 is 29.6 Å². The Morgan fingerprint density at radius 1 is 1.73 bits per heavy atom. The molecule has 1 rings (SSSR count). The number of carbonyl (C=O) groups excluding carboxylic acids is 1. The van der Waals surface area contributed by atoms with Crippen LogP contribution in [-0.2, 0) is 4.79 Å². The number of aliphatic carboxylic acids is 1. The van der Waals surface area contributed by atoms with Gasteiger partial charge < -0.3 is 15.6 Å². The molecule has 0 unspecified atom stereocenters. The molecule has 0 saturated carbocycles. The van der Waals surface area contributed by atoms with Gasteiger partial charge in [-0.2, -0.15) is 11.3 Å². The van der Waals surface area contributed by atoms with Crippen LogP contribution in [0.3, 0.4) is 0 Å². The summed E-state index contributed by atoms with van der Waals surface area (Å²) in [4.78, 5) is 10.2. The number of nitrogens with two attached hydrogens (primary N) is 1. The van der Waals surface area contributed by atoms with Crippen molar-refractivity contribution in [3.05, 3.63) is 22.4 Å². The van der Waals surface area contributed by atoms with Crippen molar-refractivity contribution in [3.8, 4) is 0 Å². The molecule has 0 aliphatic carbocycles. The summed E-state index contributed by atoms with van der Waals surface area (Å²) in [5.41, 5.74) is 5.83. The first kappa shape index (κ1) is 11.1. The van der Waals surface area contributed by atoms with Crippen LogP contribution < -0.4 is 40.4 Å². The van der Waals surface area contributed by atoms with Crippen LogP contribution in [0.5, 0.6) is 0 Å². The first-order valence-electron chi connectivity index (χ1n) is 2.70. The Morgan fingerprint density at radius 2 is 2.36 bits per heavy atom. The van der Waals surface area contributed by atoms with Crippen LogP contribution in [-0.4, -0.2) is 5.97 Å². The Kier molecular flexibility index (Phi) is 4.96. The first-order chi connectivity index (χ1) is 4.72. The Bertz CT molecular complexity index is 224. The Labute approximate surface area is 90.5 Å². The molecule has 0 fully saturated rings. The SMILES string of the molecule is N[C@H](C(=O)[O-])c1ccsc1.[Na+]. The van der Waals surface area contributed by atoms with Crippen LogP contribution in [0.4, 0.5) is 0 Å². The monoisotopic (exact) mass is 179 g/mol. The summed E-state index contributed by atoms with van der Waals surface area (Å²) >= 11 is 1.41. The molecule has 0 radical (unpaired) electrons. The van der Waals surface area contributed by atoms with Gasteiger partial charge in [-0.25, -0.2) is 0 Å². The van der Waals surface area contributed by atoms with Gasteiger partial charge in [0.25, 0.3) is 0 Å². The van der Waals surface area contributed by atoms with E-state index in [0.29, 0.717) is 5.56 Å². The number of hydrogen-bond acceptors (Lipinski definition) is 4. The zero-order chi connectivity index (χ0) is 7.56. The predicted octanol–water partition coefficient (Wildman–Crippen LogP) is -3.50. The van der Waals surface area contributed by atoms with Crippen molar-refractivity contribution < 1.29 is 39.5 Å². The van der Waals surface area contributed by atoms with Gasteiger partial charge in [-0.15, -0.1) is 0 Å². The molecule has 3 nitrogen and oxygen atoms in total. The zero-order valence-electron chi connectivity index (χ0n) is 6.11. The second-order valence-electron chi connectivity index (χ2n) is 1.85. The summed E-state index contributed by atoms with van der Waals surface area (Å²) in [7, 11) is 0. The van der Waals surface area contributed by atoms with Gasteiger partial charge in [-0.05, 0) is 22.4 Å². The number of thiophene rings is 1. The van der Waals surface area contributed by atoms with Crippen molar-refractivity contribution in [1.29, 1.82) is 0 Å². The number of carboxylic acids is 1. The summed E-state index contributed by atoms with van der Waals surface area (Å²) < 4.78 is 0. The second-order valence-corrected chi connectivity index (χ2v) is 2.63. The third-order valence-electron chi connectivity index (χ3n) is 1.16. The minimum atomic E-state index is -1.24. The van der Waals surface area contributed by atoms with Gasteiger partial charge in [0.2, 0.25) is 0 Å². The molecule has 5 heteroatoms. The molecule has 0 saturated heterocycles. The summed E-state index contributed by atoms with van der Waals surface area (Å²) in [5, 5.41) is 13.6. The molecule has 54 valence electrons. The maximum atomic E-state index is 10.2. The Morgan fingerprint density at radius 3 is 2.73 bits per heavy atom. The molecule has 1 aromatic heterocycles. The molecule has 0 bridgehead atoms. The van der Waals surface area contributed by atoms with Crippen molar-refractivity contribution in [2.45, 2.75) is 6.04 Å². The first-order valence-corrected chi connectivity index (χ1v) is 3.64. The molecule has 1 atom stereocenters. The average molecular weight is 179 g/mol. The maximum Gasteiger partial charge on any atom is 1.00 e. The molecule has 0 spiro atoms. The van der Waals surface area contributed by atoms with Crippen molar-refractivity contribution in [1.82, 2.24) is 0 Å². The molecular weight excluding hydrogens is 173 g/mol. The average Bonchev–Trinajstić information content (AvgIpc) is 2.36. The van der Waals surface area contributed by atoms with Crippen molar-refractivity contribution in [2.24, 2.45) is 5.73 Å². The van der Waals surface area contributed by atoms with E-state index in [1.165, 1.54) is 11.3 Å². The van der Waals surface area contributed by atoms with Crippen LogP contribution in [0.2, 0.25) is 0 Å². The summed E-state index contributed by atoms with van der Waals surface area (Å²) in [6.45, 7) is 0. The quantitative estimate of drug-likeness (QED) is 0.479. The van der Waals surface area contributed by atoms with E-state index in [9.17, 15) is 9.90 Å². The van der Waals surface area contributed by atoms with E-state index in [1.807, 2.05) is 0 Å². The molecular formula is C6H6NNaO2S. The van der Waals surface area contributed by atoms with Crippen molar-refractivity contribution in [3.63, 3.8) is 0 Å². The summed E-state index contributed by atoms with van der Waals surface area (Å²) in [5.74, 6) is -1.24. The minimum absolute atomic E-state index is 0. The minimum Gasteiger partial charge on any atom is -0.548 e. The van der Waals surface area contributed by atoms with Crippen LogP contribution in [0.1, 0.15) is 11.6 Å². The van der Waals surface area contributed by atoms with Gasteiger partial charge in [0.1, 0.15) is 0 Å². The smallest absolute Gasteiger partial charge is 0.548 e. The van der Waals surface area contributed by atoms with E-state index in [1.54, 1.807) is 16.8 Å². The van der Waals surface area contributed by atoms with Crippen LogP contribution in [0.15, 0.2) is 16.8 Å². The van der Waals surface area contributed by atoms with Crippen molar-refractivity contribution >= 4 is 17.3 Å². The Balaban J connectivity index is 0.000001000. The van der Waals surface area contributed by atoms with Crippen LogP contribution in [0, 0.1) is 0 Å². The maximum absolute atomic E-state index is 10.2. The van der Waals surface area contributed by atoms with E-state index in [0.717, 1.165) is 0 Å². The van der Waals surface area contributed by atoms with E-state index >= 15 is 0 Å². The topological polar surface area (TPSA) is 66.2 Å². The fourth-order valence-corrected chi connectivity index (χ4v) is 1.28. The molecule has 2 N–H and O–H groups in total. The molecule has 1 aromatic rings. The Hall–Kier alpha value is 0.130. The molecule has 11 heavy (non-hydrogen) atoms. The van der Waals surface area contributed by atoms with E-state index in [-0.39, 0.29) is 29.6 Å². The molecule has 0 aromatic carbocycles. The second kappa shape index (κ2) is 4.90. The fraction of sp³-hybridized carbons (Fsp3) is 0.167. The van der Waals surface area contributed by atoms with Crippen LogP contribution >= 0.6 is 11.3 Å². The van der Waals surface area contributed by atoms with Gasteiger partial charge in [-0.3, -0.25) is 0 Å². The summed E-state index contributed by atoms with van der Waals surface area (Å²) in [6.07, 6.45) is 0. The van der Waals surface area contributed by atoms with Gasteiger partial charge in [0.15, 0.2) is 0 Å². The number of carbonyl (C=O) groups is 1. The third kappa shape index (κ3) is 2.92. The van der Waals surface area contributed by atoms with Gasteiger partial charge in [0, 0.05) is 0 Å². The largest absolute Gasteiger partial charge is 1.00 e. The zero-order valence-corrected chi connectivity index (χ0v) is 8.93. The molecule has 0 amide bonds. The predicted molar refractivity (Wildman–Crippen MR) is 36.3 cm³/mol. The number of rotatable bonds is 2. The van der Waals surface area contributed by atoms with Crippen molar-refractivity contribution in [2.75, 3.05) is 0 Å². The van der Waals surface area contributed by atoms with Crippen LogP contribution in [0.25, 0.3) is 0 Å². The fourth-order valence-electron chi connectivity index (χ4n) is 0.588. The van der Waals surface area contributed by atoms with Gasteiger partial charge in [0.05, 0.1) is 12.0 Å². The molecule has 1 heterocycles. The van der Waals surface area contributed by atoms with Gasteiger partial charge in [-0.1, -0.05) is 0 Å². The standard InChI is InChI=1S/C6H7NO2S.Na/c7-5(6(8)9)4-1-2-10-3-4;/h1-3,5H,7H2,(H,8,9);/q;+1/p-1/t5-;/m0./s1. The molecule has 0 aliphatic heterocycles.